The number of rotatable bonds is 3. The van der Waals surface area contributed by atoms with E-state index < -0.39 is 0 Å². The lowest BCUT2D eigenvalue weighted by Crippen LogP contribution is -2.26. The maximum Gasteiger partial charge on any atom is 0.218 e. The summed E-state index contributed by atoms with van der Waals surface area (Å²) in [6.45, 7) is 0.448. The van der Waals surface area contributed by atoms with Crippen molar-refractivity contribution in [1.29, 1.82) is 0 Å². The van der Waals surface area contributed by atoms with Gasteiger partial charge in [0.2, 0.25) is 5.96 Å². The van der Waals surface area contributed by atoms with Crippen LogP contribution in [0.5, 0.6) is 0 Å². The van der Waals surface area contributed by atoms with E-state index in [-0.39, 0.29) is 24.3 Å². The zero-order chi connectivity index (χ0) is 12.8. The highest BCUT2D eigenvalue weighted by atomic mass is 35.5. The van der Waals surface area contributed by atoms with E-state index in [1.165, 1.54) is 0 Å². The van der Waals surface area contributed by atoms with Gasteiger partial charge in [0, 0.05) is 16.6 Å². The molecule has 100 valence electrons. The molecule has 0 aliphatic carbocycles. The monoisotopic (exact) mass is 309 g/mol. The lowest BCUT2D eigenvalue weighted by atomic mass is 10.1. The number of halogens is 3. The third kappa shape index (κ3) is 5.95. The van der Waals surface area contributed by atoms with E-state index in [0.29, 0.717) is 23.0 Å². The highest BCUT2D eigenvalue weighted by Gasteiger charge is 2.00. The van der Waals surface area contributed by atoms with Crippen LogP contribution in [-0.4, -0.2) is 18.5 Å². The zero-order valence-corrected chi connectivity index (χ0v) is 11.8. The molecule has 0 aliphatic rings. The molecule has 0 fully saturated rings. The van der Waals surface area contributed by atoms with Gasteiger partial charge in [0.05, 0.1) is 0 Å². The third-order valence-corrected chi connectivity index (χ3v) is 2.50. The molecule has 0 aromatic heterocycles. The molecule has 1 aromatic rings. The minimum Gasteiger partial charge on any atom is -0.370 e. The molecule has 0 saturated heterocycles. The molecule has 1 rings (SSSR count). The molecule has 1 aromatic carbocycles. The molecule has 18 heavy (non-hydrogen) atoms. The summed E-state index contributed by atoms with van der Waals surface area (Å²) in [6, 6.07) is 5.30. The van der Waals surface area contributed by atoms with Crippen LogP contribution in [0.1, 0.15) is 5.56 Å². The van der Waals surface area contributed by atoms with Gasteiger partial charge in [0.25, 0.3) is 0 Å². The first-order valence-corrected chi connectivity index (χ1v) is 5.58. The number of hydrogen-bond acceptors (Lipinski definition) is 1. The molecule has 0 amide bonds. The van der Waals surface area contributed by atoms with Crippen LogP contribution in [0.3, 0.4) is 0 Å². The van der Waals surface area contributed by atoms with Crippen molar-refractivity contribution < 1.29 is 0 Å². The zero-order valence-electron chi connectivity index (χ0n) is 9.44. The van der Waals surface area contributed by atoms with Crippen LogP contribution in [0.2, 0.25) is 10.0 Å². The maximum atomic E-state index is 6.00. The number of hydrogen-bond donors (Lipinski definition) is 3. The number of guanidine groups is 2. The Labute approximate surface area is 121 Å². The first kappa shape index (κ1) is 16.8. The fraction of sp³-hybridized carbons (Fsp3) is 0.200. The quantitative estimate of drug-likeness (QED) is 0.583. The number of nitrogens with two attached hydrogens (primary N) is 3. The first-order valence-electron chi connectivity index (χ1n) is 4.82. The Morgan fingerprint density at radius 2 is 1.83 bits per heavy atom. The summed E-state index contributed by atoms with van der Waals surface area (Å²) in [5.74, 6) is -0.0640. The molecule has 0 bridgehead atoms. The number of benzene rings is 1. The molecule has 0 saturated carbocycles. The van der Waals surface area contributed by atoms with Gasteiger partial charge in [-0.15, -0.1) is 12.4 Å². The van der Waals surface area contributed by atoms with Crippen LogP contribution in [0.4, 0.5) is 0 Å². The van der Waals surface area contributed by atoms with E-state index in [2.05, 4.69) is 9.98 Å². The van der Waals surface area contributed by atoms with Gasteiger partial charge in [-0.2, -0.15) is 4.99 Å². The van der Waals surface area contributed by atoms with Crippen LogP contribution in [0, 0.1) is 0 Å². The summed E-state index contributed by atoms with van der Waals surface area (Å²) in [5, 5.41) is 1.20. The molecule has 0 unspecified atom stereocenters. The number of aliphatic imine (C=N–C) groups is 2. The van der Waals surface area contributed by atoms with Gasteiger partial charge in [-0.05, 0) is 24.1 Å². The smallest absolute Gasteiger partial charge is 0.218 e. The number of nitrogens with zero attached hydrogens (tertiary/aromatic N) is 2. The molecular formula is C10H14Cl3N5. The van der Waals surface area contributed by atoms with Gasteiger partial charge in [-0.25, -0.2) is 0 Å². The van der Waals surface area contributed by atoms with E-state index in [4.69, 9.17) is 40.4 Å². The van der Waals surface area contributed by atoms with Crippen LogP contribution >= 0.6 is 35.6 Å². The van der Waals surface area contributed by atoms with E-state index >= 15 is 0 Å². The Kier molecular flexibility index (Phi) is 7.50. The molecule has 5 nitrogen and oxygen atoms in total. The maximum absolute atomic E-state index is 6.00. The molecule has 0 radical (unpaired) electrons. The predicted octanol–water partition coefficient (Wildman–Crippen LogP) is 1.55. The van der Waals surface area contributed by atoms with E-state index in [9.17, 15) is 0 Å². The fourth-order valence-corrected chi connectivity index (χ4v) is 1.69. The van der Waals surface area contributed by atoms with Crippen molar-refractivity contribution in [3.8, 4) is 0 Å². The Morgan fingerprint density at radius 1 is 1.17 bits per heavy atom. The van der Waals surface area contributed by atoms with Gasteiger partial charge in [0.15, 0.2) is 5.96 Å². The predicted molar refractivity (Wildman–Crippen MR) is 79.7 cm³/mol. The molecule has 6 N–H and O–H groups in total. The Morgan fingerprint density at radius 3 is 2.39 bits per heavy atom. The summed E-state index contributed by atoms with van der Waals surface area (Å²) in [5.41, 5.74) is 16.7. The van der Waals surface area contributed by atoms with E-state index in [1.54, 1.807) is 12.1 Å². The van der Waals surface area contributed by atoms with Crippen molar-refractivity contribution in [2.45, 2.75) is 6.42 Å². The van der Waals surface area contributed by atoms with E-state index in [0.717, 1.165) is 5.56 Å². The Balaban J connectivity index is 0.00000289. The molecule has 0 aliphatic heterocycles. The van der Waals surface area contributed by atoms with Gasteiger partial charge in [-0.1, -0.05) is 29.3 Å². The average Bonchev–Trinajstić information content (AvgIpc) is 2.20. The molecule has 0 atom stereocenters. The first-order chi connectivity index (χ1) is 7.99. The Hall–Kier alpha value is -1.17. The summed E-state index contributed by atoms with van der Waals surface area (Å²) in [4.78, 5) is 7.57. The van der Waals surface area contributed by atoms with Crippen molar-refractivity contribution in [2.24, 2.45) is 27.2 Å². The van der Waals surface area contributed by atoms with Crippen molar-refractivity contribution in [3.05, 3.63) is 33.8 Å². The SMILES string of the molecule is Cl.NC(N)=NC(N)=NCCc1ccc(Cl)cc1Cl. The minimum atomic E-state index is -0.115. The second kappa shape index (κ2) is 8.02. The molecule has 0 heterocycles. The second-order valence-electron chi connectivity index (χ2n) is 3.26. The van der Waals surface area contributed by atoms with Crippen molar-refractivity contribution >= 4 is 47.5 Å². The van der Waals surface area contributed by atoms with Crippen molar-refractivity contribution in [2.75, 3.05) is 6.54 Å². The third-order valence-electron chi connectivity index (χ3n) is 1.91. The van der Waals surface area contributed by atoms with Crippen LogP contribution < -0.4 is 17.2 Å². The largest absolute Gasteiger partial charge is 0.370 e. The highest BCUT2D eigenvalue weighted by Crippen LogP contribution is 2.21. The molecule has 0 spiro atoms. The second-order valence-corrected chi connectivity index (χ2v) is 4.11. The minimum absolute atomic E-state index is 0. The standard InChI is InChI=1S/C10H13Cl2N5.ClH/c11-7-2-1-6(8(12)5-7)3-4-16-10(15)17-9(13)14;/h1-2,5H,3-4H2,(H6,13,14,15,16,17);1H. The van der Waals surface area contributed by atoms with Gasteiger partial charge in [-0.3, -0.25) is 4.99 Å². The summed E-state index contributed by atoms with van der Waals surface area (Å²) in [6.07, 6.45) is 0.636. The fourth-order valence-electron chi connectivity index (χ4n) is 1.18. The van der Waals surface area contributed by atoms with Gasteiger partial charge >= 0.3 is 0 Å². The van der Waals surface area contributed by atoms with Crippen molar-refractivity contribution in [1.82, 2.24) is 0 Å². The van der Waals surface area contributed by atoms with E-state index in [1.807, 2.05) is 6.07 Å². The lowest BCUT2D eigenvalue weighted by Gasteiger charge is -2.02. The summed E-state index contributed by atoms with van der Waals surface area (Å²) >= 11 is 11.8. The molecular weight excluding hydrogens is 297 g/mol. The van der Waals surface area contributed by atoms with Crippen LogP contribution in [0.15, 0.2) is 28.2 Å². The summed E-state index contributed by atoms with van der Waals surface area (Å²) < 4.78 is 0. The molecule has 8 heteroatoms. The lowest BCUT2D eigenvalue weighted by molar-refractivity contribution is 0.962. The van der Waals surface area contributed by atoms with Crippen LogP contribution in [-0.2, 0) is 6.42 Å². The van der Waals surface area contributed by atoms with Crippen LogP contribution in [0.25, 0.3) is 0 Å². The topological polar surface area (TPSA) is 103 Å². The van der Waals surface area contributed by atoms with Crippen molar-refractivity contribution in [3.63, 3.8) is 0 Å². The summed E-state index contributed by atoms with van der Waals surface area (Å²) in [7, 11) is 0. The highest BCUT2D eigenvalue weighted by molar-refractivity contribution is 6.35. The average molecular weight is 311 g/mol. The van der Waals surface area contributed by atoms with Gasteiger partial charge in [0.1, 0.15) is 0 Å². The Bertz CT molecular complexity index is 455. The van der Waals surface area contributed by atoms with Gasteiger partial charge < -0.3 is 17.2 Å². The normalized spacial score (nSPS) is 10.7.